The standard InChI is InChI=1S/C20H29N3O4/c1-4-23(5-2)19(25)15-10-12-22(13-11-15)14-18(24)21-17-8-6-16(7-9-17)20(26)27-3/h6-9,15H,4-5,10-14H2,1-3H3,(H,21,24). The third-order valence-electron chi connectivity index (χ3n) is 4.97. The normalized spacial score (nSPS) is 15.2. The van der Waals surface area contributed by atoms with Gasteiger partial charge in [-0.1, -0.05) is 0 Å². The van der Waals surface area contributed by atoms with Gasteiger partial charge in [-0.05, 0) is 64.0 Å². The summed E-state index contributed by atoms with van der Waals surface area (Å²) >= 11 is 0. The second kappa shape index (κ2) is 10.1. The van der Waals surface area contributed by atoms with Gasteiger partial charge < -0.3 is 15.0 Å². The van der Waals surface area contributed by atoms with E-state index in [0.29, 0.717) is 17.8 Å². The lowest BCUT2D eigenvalue weighted by Crippen LogP contribution is -2.44. The highest BCUT2D eigenvalue weighted by molar-refractivity contribution is 5.94. The molecule has 1 saturated heterocycles. The van der Waals surface area contributed by atoms with Crippen molar-refractivity contribution < 1.29 is 19.1 Å². The maximum Gasteiger partial charge on any atom is 0.337 e. The van der Waals surface area contributed by atoms with Crippen LogP contribution in [0, 0.1) is 5.92 Å². The fraction of sp³-hybridized carbons (Fsp3) is 0.550. The Labute approximate surface area is 160 Å². The first-order chi connectivity index (χ1) is 13.0. The number of nitrogens with zero attached hydrogens (tertiary/aromatic N) is 2. The Balaban J connectivity index is 1.79. The highest BCUT2D eigenvalue weighted by Crippen LogP contribution is 2.20. The van der Waals surface area contributed by atoms with Crippen LogP contribution in [0.5, 0.6) is 0 Å². The summed E-state index contributed by atoms with van der Waals surface area (Å²) in [6.45, 7) is 7.26. The van der Waals surface area contributed by atoms with Gasteiger partial charge in [-0.25, -0.2) is 4.79 Å². The maximum absolute atomic E-state index is 12.4. The zero-order valence-electron chi connectivity index (χ0n) is 16.4. The highest BCUT2D eigenvalue weighted by atomic mass is 16.5. The Morgan fingerprint density at radius 1 is 1.11 bits per heavy atom. The van der Waals surface area contributed by atoms with E-state index < -0.39 is 5.97 Å². The number of hydrogen-bond donors (Lipinski definition) is 1. The molecule has 1 aromatic rings. The number of carbonyl (C=O) groups excluding carboxylic acids is 3. The molecular formula is C20H29N3O4. The molecule has 1 N–H and O–H groups in total. The second-order valence-corrected chi connectivity index (χ2v) is 6.68. The highest BCUT2D eigenvalue weighted by Gasteiger charge is 2.28. The van der Waals surface area contributed by atoms with Crippen LogP contribution in [0.4, 0.5) is 5.69 Å². The number of esters is 1. The third kappa shape index (κ3) is 5.79. The van der Waals surface area contributed by atoms with Gasteiger partial charge in [0.15, 0.2) is 0 Å². The van der Waals surface area contributed by atoms with Gasteiger partial charge >= 0.3 is 5.97 Å². The molecule has 1 heterocycles. The molecule has 0 saturated carbocycles. The van der Waals surface area contributed by atoms with Gasteiger partial charge in [0.2, 0.25) is 11.8 Å². The molecule has 148 valence electrons. The molecule has 0 atom stereocenters. The van der Waals surface area contributed by atoms with E-state index in [1.165, 1.54) is 7.11 Å². The van der Waals surface area contributed by atoms with Crippen LogP contribution in [0.15, 0.2) is 24.3 Å². The van der Waals surface area contributed by atoms with Crippen LogP contribution in [0.1, 0.15) is 37.0 Å². The quantitative estimate of drug-likeness (QED) is 0.738. The van der Waals surface area contributed by atoms with Crippen molar-refractivity contribution in [2.45, 2.75) is 26.7 Å². The van der Waals surface area contributed by atoms with Gasteiger partial charge in [-0.15, -0.1) is 0 Å². The van der Waals surface area contributed by atoms with Crippen molar-refractivity contribution in [3.05, 3.63) is 29.8 Å². The molecule has 1 aliphatic rings. The van der Waals surface area contributed by atoms with E-state index in [4.69, 9.17) is 0 Å². The van der Waals surface area contributed by atoms with Gasteiger partial charge in [0.05, 0.1) is 19.2 Å². The molecule has 0 bridgehead atoms. The third-order valence-corrected chi connectivity index (χ3v) is 4.97. The molecule has 1 fully saturated rings. The first kappa shape index (κ1) is 20.9. The first-order valence-electron chi connectivity index (χ1n) is 9.47. The number of carbonyl (C=O) groups is 3. The smallest absolute Gasteiger partial charge is 0.337 e. The molecule has 7 nitrogen and oxygen atoms in total. The predicted molar refractivity (Wildman–Crippen MR) is 104 cm³/mol. The van der Waals surface area contributed by atoms with E-state index in [1.807, 2.05) is 18.7 Å². The van der Waals surface area contributed by atoms with E-state index in [2.05, 4.69) is 15.0 Å². The van der Waals surface area contributed by atoms with E-state index in [9.17, 15) is 14.4 Å². The summed E-state index contributed by atoms with van der Waals surface area (Å²) in [5.74, 6) is -0.214. The van der Waals surface area contributed by atoms with Crippen LogP contribution < -0.4 is 5.32 Å². The molecule has 27 heavy (non-hydrogen) atoms. The van der Waals surface area contributed by atoms with E-state index in [1.54, 1.807) is 24.3 Å². The minimum Gasteiger partial charge on any atom is -0.465 e. The molecule has 0 aromatic heterocycles. The Morgan fingerprint density at radius 2 is 1.70 bits per heavy atom. The van der Waals surface area contributed by atoms with Crippen LogP contribution in [-0.4, -0.2) is 67.4 Å². The lowest BCUT2D eigenvalue weighted by atomic mass is 9.95. The zero-order chi connectivity index (χ0) is 19.8. The Morgan fingerprint density at radius 3 is 2.22 bits per heavy atom. The van der Waals surface area contributed by atoms with Crippen LogP contribution in [-0.2, 0) is 14.3 Å². The Kier molecular flexibility index (Phi) is 7.79. The van der Waals surface area contributed by atoms with Gasteiger partial charge in [-0.2, -0.15) is 0 Å². The summed E-state index contributed by atoms with van der Waals surface area (Å²) in [4.78, 5) is 40.1. The summed E-state index contributed by atoms with van der Waals surface area (Å²) in [6, 6.07) is 6.59. The van der Waals surface area contributed by atoms with Crippen LogP contribution in [0.3, 0.4) is 0 Å². The van der Waals surface area contributed by atoms with Gasteiger partial charge in [0.1, 0.15) is 0 Å². The molecule has 1 aromatic carbocycles. The van der Waals surface area contributed by atoms with Crippen molar-refractivity contribution in [1.29, 1.82) is 0 Å². The molecule has 0 aliphatic carbocycles. The number of benzene rings is 1. The fourth-order valence-electron chi connectivity index (χ4n) is 3.34. The summed E-state index contributed by atoms with van der Waals surface area (Å²) in [7, 11) is 1.33. The number of nitrogens with one attached hydrogen (secondary N) is 1. The monoisotopic (exact) mass is 375 g/mol. The lowest BCUT2D eigenvalue weighted by molar-refractivity contribution is -0.136. The van der Waals surface area contributed by atoms with Gasteiger partial charge in [0.25, 0.3) is 0 Å². The topological polar surface area (TPSA) is 79.0 Å². The number of likely N-dealkylation sites (tertiary alicyclic amines) is 1. The summed E-state index contributed by atoms with van der Waals surface area (Å²) in [6.07, 6.45) is 1.58. The zero-order valence-corrected chi connectivity index (χ0v) is 16.4. The molecular weight excluding hydrogens is 346 g/mol. The number of methoxy groups -OCH3 is 1. The predicted octanol–water partition coefficient (Wildman–Crippen LogP) is 1.99. The SMILES string of the molecule is CCN(CC)C(=O)C1CCN(CC(=O)Nc2ccc(C(=O)OC)cc2)CC1. The van der Waals surface area contributed by atoms with Crippen molar-refractivity contribution in [3.63, 3.8) is 0 Å². The van der Waals surface area contributed by atoms with Crippen molar-refractivity contribution in [2.75, 3.05) is 45.2 Å². The first-order valence-corrected chi connectivity index (χ1v) is 9.47. The number of rotatable bonds is 7. The number of piperidine rings is 1. The van der Waals surface area contributed by atoms with Gasteiger partial charge in [-0.3, -0.25) is 14.5 Å². The average Bonchev–Trinajstić information content (AvgIpc) is 2.69. The minimum absolute atomic E-state index is 0.0649. The van der Waals surface area contributed by atoms with Crippen molar-refractivity contribution in [3.8, 4) is 0 Å². The Hall–Kier alpha value is -2.41. The van der Waals surface area contributed by atoms with Crippen LogP contribution in [0.2, 0.25) is 0 Å². The fourth-order valence-corrected chi connectivity index (χ4v) is 3.34. The van der Waals surface area contributed by atoms with Crippen LogP contribution in [0.25, 0.3) is 0 Å². The van der Waals surface area contributed by atoms with E-state index in [-0.39, 0.29) is 17.7 Å². The molecule has 2 rings (SSSR count). The minimum atomic E-state index is -0.407. The summed E-state index contributed by atoms with van der Waals surface area (Å²) in [5, 5.41) is 2.84. The van der Waals surface area contributed by atoms with Crippen molar-refractivity contribution in [2.24, 2.45) is 5.92 Å². The molecule has 2 amide bonds. The number of ether oxygens (including phenoxy) is 1. The molecule has 1 aliphatic heterocycles. The van der Waals surface area contributed by atoms with E-state index >= 15 is 0 Å². The van der Waals surface area contributed by atoms with Crippen molar-refractivity contribution >= 4 is 23.5 Å². The van der Waals surface area contributed by atoms with Crippen molar-refractivity contribution in [1.82, 2.24) is 9.80 Å². The van der Waals surface area contributed by atoms with Gasteiger partial charge in [0, 0.05) is 24.7 Å². The molecule has 0 radical (unpaired) electrons. The number of amides is 2. The number of hydrogen-bond acceptors (Lipinski definition) is 5. The largest absolute Gasteiger partial charge is 0.465 e. The maximum atomic E-state index is 12.4. The lowest BCUT2D eigenvalue weighted by Gasteiger charge is -2.33. The molecule has 0 unspecified atom stereocenters. The number of anilines is 1. The molecule has 7 heteroatoms. The molecule has 0 spiro atoms. The summed E-state index contributed by atoms with van der Waals surface area (Å²) in [5.41, 5.74) is 1.08. The summed E-state index contributed by atoms with van der Waals surface area (Å²) < 4.78 is 4.65. The second-order valence-electron chi connectivity index (χ2n) is 6.68. The Bertz CT molecular complexity index is 648. The van der Waals surface area contributed by atoms with Crippen LogP contribution >= 0.6 is 0 Å². The van der Waals surface area contributed by atoms with E-state index in [0.717, 1.165) is 39.0 Å². The average molecular weight is 375 g/mol.